The van der Waals surface area contributed by atoms with Crippen LogP contribution in [0.3, 0.4) is 0 Å². The summed E-state index contributed by atoms with van der Waals surface area (Å²) in [5.74, 6) is 0.127. The highest BCUT2D eigenvalue weighted by atomic mass is 16.1. The van der Waals surface area contributed by atoms with E-state index in [1.54, 1.807) is 0 Å². The minimum Gasteiger partial charge on any atom is -0.350 e. The molecule has 0 aliphatic rings. The summed E-state index contributed by atoms with van der Waals surface area (Å²) in [5.41, 5.74) is 1.05. The predicted molar refractivity (Wildman–Crippen MR) is 71.9 cm³/mol. The second kappa shape index (κ2) is 6.43. The van der Waals surface area contributed by atoms with Gasteiger partial charge in [0.15, 0.2) is 0 Å². The van der Waals surface area contributed by atoms with Gasteiger partial charge >= 0.3 is 0 Å². The average Bonchev–Trinajstić information content (AvgIpc) is 2.37. The molecule has 0 fully saturated rings. The van der Waals surface area contributed by atoms with Gasteiger partial charge in [-0.1, -0.05) is 51.1 Å². The Balaban J connectivity index is 2.60. The molecule has 0 aliphatic heterocycles. The third-order valence-corrected chi connectivity index (χ3v) is 3.64. The number of carbonyl (C=O) groups is 1. The van der Waals surface area contributed by atoms with Crippen molar-refractivity contribution in [3.8, 4) is 0 Å². The predicted octanol–water partition coefficient (Wildman–Crippen LogP) is 3.31. The van der Waals surface area contributed by atoms with E-state index in [0.717, 1.165) is 24.8 Å². The quantitative estimate of drug-likeness (QED) is 0.802. The Labute approximate surface area is 104 Å². The van der Waals surface area contributed by atoms with E-state index in [0.29, 0.717) is 6.42 Å². The van der Waals surface area contributed by atoms with Crippen LogP contribution in [-0.4, -0.2) is 11.4 Å². The van der Waals surface area contributed by atoms with Crippen molar-refractivity contribution in [2.45, 2.75) is 52.0 Å². The average molecular weight is 233 g/mol. The van der Waals surface area contributed by atoms with Crippen LogP contribution in [0.1, 0.15) is 45.6 Å². The maximum atomic E-state index is 12.0. The summed E-state index contributed by atoms with van der Waals surface area (Å²) in [4.78, 5) is 12.0. The smallest absolute Gasteiger partial charge is 0.224 e. The van der Waals surface area contributed by atoms with Gasteiger partial charge in [0.05, 0.1) is 6.42 Å². The number of benzene rings is 1. The molecule has 0 spiro atoms. The van der Waals surface area contributed by atoms with Gasteiger partial charge in [0, 0.05) is 5.54 Å². The fourth-order valence-electron chi connectivity index (χ4n) is 2.14. The van der Waals surface area contributed by atoms with Crippen molar-refractivity contribution < 1.29 is 4.79 Å². The molecule has 2 nitrogen and oxygen atoms in total. The van der Waals surface area contributed by atoms with Crippen molar-refractivity contribution in [3.05, 3.63) is 35.9 Å². The van der Waals surface area contributed by atoms with Gasteiger partial charge in [0.1, 0.15) is 0 Å². The van der Waals surface area contributed by atoms with Gasteiger partial charge in [0.2, 0.25) is 5.91 Å². The molecule has 0 bridgehead atoms. The Morgan fingerprint density at radius 1 is 1.06 bits per heavy atom. The highest BCUT2D eigenvalue weighted by Crippen LogP contribution is 2.19. The third-order valence-electron chi connectivity index (χ3n) is 3.64. The number of nitrogens with one attached hydrogen (secondary N) is 1. The Bertz CT molecular complexity index is 333. The topological polar surface area (TPSA) is 29.1 Å². The lowest BCUT2D eigenvalue weighted by Gasteiger charge is -2.31. The van der Waals surface area contributed by atoms with Crippen LogP contribution in [0.25, 0.3) is 0 Å². The number of hydrogen-bond donors (Lipinski definition) is 1. The Morgan fingerprint density at radius 2 is 1.59 bits per heavy atom. The van der Waals surface area contributed by atoms with Crippen LogP contribution >= 0.6 is 0 Å². The molecule has 0 unspecified atom stereocenters. The maximum absolute atomic E-state index is 12.0. The van der Waals surface area contributed by atoms with Crippen LogP contribution in [0, 0.1) is 0 Å². The van der Waals surface area contributed by atoms with Crippen molar-refractivity contribution >= 4 is 5.91 Å². The first kappa shape index (κ1) is 13.8. The van der Waals surface area contributed by atoms with Gasteiger partial charge in [-0.3, -0.25) is 4.79 Å². The molecular weight excluding hydrogens is 210 g/mol. The Hall–Kier alpha value is -1.31. The molecule has 1 amide bonds. The zero-order valence-electron chi connectivity index (χ0n) is 11.1. The molecule has 0 aromatic heterocycles. The summed E-state index contributed by atoms with van der Waals surface area (Å²) in [7, 11) is 0. The van der Waals surface area contributed by atoms with Crippen molar-refractivity contribution in [2.24, 2.45) is 0 Å². The van der Waals surface area contributed by atoms with Crippen LogP contribution in [0.5, 0.6) is 0 Å². The third kappa shape index (κ3) is 3.88. The Kier molecular flexibility index (Phi) is 5.20. The molecule has 0 heterocycles. The van der Waals surface area contributed by atoms with E-state index in [4.69, 9.17) is 0 Å². The van der Waals surface area contributed by atoms with Gasteiger partial charge in [-0.2, -0.15) is 0 Å². The first-order chi connectivity index (χ1) is 8.15. The molecule has 0 radical (unpaired) electrons. The summed E-state index contributed by atoms with van der Waals surface area (Å²) in [6, 6.07) is 9.89. The molecule has 0 aliphatic carbocycles. The SMILES string of the molecule is CCC(CC)(CC)NC(=O)Cc1ccccc1. The fraction of sp³-hybridized carbons (Fsp3) is 0.533. The zero-order chi connectivity index (χ0) is 12.7. The summed E-state index contributed by atoms with van der Waals surface area (Å²) in [5, 5.41) is 3.19. The van der Waals surface area contributed by atoms with Gasteiger partial charge in [0.25, 0.3) is 0 Å². The van der Waals surface area contributed by atoms with Gasteiger partial charge in [-0.25, -0.2) is 0 Å². The highest BCUT2D eigenvalue weighted by molar-refractivity contribution is 5.79. The molecule has 1 aromatic rings. The van der Waals surface area contributed by atoms with E-state index in [1.807, 2.05) is 30.3 Å². The molecule has 1 N–H and O–H groups in total. The van der Waals surface area contributed by atoms with E-state index in [2.05, 4.69) is 26.1 Å². The monoisotopic (exact) mass is 233 g/mol. The maximum Gasteiger partial charge on any atom is 0.224 e. The van der Waals surface area contributed by atoms with Crippen LogP contribution in [0.4, 0.5) is 0 Å². The number of amides is 1. The van der Waals surface area contributed by atoms with Crippen LogP contribution in [0.15, 0.2) is 30.3 Å². The van der Waals surface area contributed by atoms with Crippen LogP contribution in [-0.2, 0) is 11.2 Å². The summed E-state index contributed by atoms with van der Waals surface area (Å²) >= 11 is 0. The molecule has 1 aromatic carbocycles. The second-order valence-electron chi connectivity index (χ2n) is 4.55. The van der Waals surface area contributed by atoms with E-state index < -0.39 is 0 Å². The largest absolute Gasteiger partial charge is 0.350 e. The molecule has 17 heavy (non-hydrogen) atoms. The van der Waals surface area contributed by atoms with E-state index >= 15 is 0 Å². The molecule has 0 atom stereocenters. The van der Waals surface area contributed by atoms with Crippen molar-refractivity contribution in [2.75, 3.05) is 0 Å². The summed E-state index contributed by atoms with van der Waals surface area (Å²) < 4.78 is 0. The number of rotatable bonds is 6. The van der Waals surface area contributed by atoms with Crippen LogP contribution in [0.2, 0.25) is 0 Å². The van der Waals surface area contributed by atoms with Crippen molar-refractivity contribution in [3.63, 3.8) is 0 Å². The Morgan fingerprint density at radius 3 is 2.06 bits per heavy atom. The summed E-state index contributed by atoms with van der Waals surface area (Å²) in [6.07, 6.45) is 3.43. The number of hydrogen-bond acceptors (Lipinski definition) is 1. The molecule has 1 rings (SSSR count). The van der Waals surface area contributed by atoms with E-state index in [1.165, 1.54) is 0 Å². The molecular formula is C15H23NO. The minimum atomic E-state index is -0.0220. The highest BCUT2D eigenvalue weighted by Gasteiger charge is 2.25. The summed E-state index contributed by atoms with van der Waals surface area (Å²) in [6.45, 7) is 6.40. The first-order valence-electron chi connectivity index (χ1n) is 6.50. The lowest BCUT2D eigenvalue weighted by atomic mass is 9.89. The fourth-order valence-corrected chi connectivity index (χ4v) is 2.14. The lowest BCUT2D eigenvalue weighted by molar-refractivity contribution is -0.122. The first-order valence-corrected chi connectivity index (χ1v) is 6.50. The van der Waals surface area contributed by atoms with E-state index in [9.17, 15) is 4.79 Å². The van der Waals surface area contributed by atoms with Gasteiger partial charge in [-0.15, -0.1) is 0 Å². The standard InChI is InChI=1S/C15H23NO/c1-4-15(5-2,6-3)16-14(17)12-13-10-8-7-9-11-13/h7-11H,4-6,12H2,1-3H3,(H,16,17). The van der Waals surface area contributed by atoms with Crippen molar-refractivity contribution in [1.29, 1.82) is 0 Å². The zero-order valence-corrected chi connectivity index (χ0v) is 11.1. The minimum absolute atomic E-state index is 0.0220. The van der Waals surface area contributed by atoms with E-state index in [-0.39, 0.29) is 11.4 Å². The normalized spacial score (nSPS) is 11.2. The second-order valence-corrected chi connectivity index (χ2v) is 4.55. The molecule has 0 saturated carbocycles. The van der Waals surface area contributed by atoms with Gasteiger partial charge in [-0.05, 0) is 24.8 Å². The van der Waals surface area contributed by atoms with Gasteiger partial charge < -0.3 is 5.32 Å². The molecule has 2 heteroatoms. The van der Waals surface area contributed by atoms with Crippen molar-refractivity contribution in [1.82, 2.24) is 5.32 Å². The molecule has 94 valence electrons. The lowest BCUT2D eigenvalue weighted by Crippen LogP contribution is -2.47. The number of carbonyl (C=O) groups excluding carboxylic acids is 1. The molecule has 0 saturated heterocycles. The van der Waals surface area contributed by atoms with Crippen LogP contribution < -0.4 is 5.32 Å².